The summed E-state index contributed by atoms with van der Waals surface area (Å²) in [5.41, 5.74) is 2.46. The Morgan fingerprint density at radius 2 is 1.94 bits per heavy atom. The highest BCUT2D eigenvalue weighted by Crippen LogP contribution is 2.32. The number of fused-ring (bicyclic) bond motifs is 1. The molecule has 35 heavy (non-hydrogen) atoms. The molecule has 1 aliphatic heterocycles. The molecule has 4 rings (SSSR count). The van der Waals surface area contributed by atoms with Crippen LogP contribution in [0.5, 0.6) is 5.75 Å². The first-order valence-electron chi connectivity index (χ1n) is 10.9. The molecule has 1 aromatic heterocycles. The van der Waals surface area contributed by atoms with Crippen LogP contribution in [0.25, 0.3) is 6.08 Å². The van der Waals surface area contributed by atoms with Crippen molar-refractivity contribution in [2.75, 3.05) is 13.4 Å². The van der Waals surface area contributed by atoms with E-state index in [4.69, 9.17) is 9.47 Å². The van der Waals surface area contributed by atoms with Gasteiger partial charge in [-0.15, -0.1) is 11.8 Å². The molecule has 0 aliphatic carbocycles. The standard InChI is InChI=1S/C26H25IN2O4S2/c1-14(2)33-25(31)22-15(3)28-26-29(23(22)17-7-9-18(34-5)10-8-17)24(30)21(35-26)13-16-6-11-20(32-4)19(27)12-16/h6-14,23H,1-5H3/b21-13+/t23-/m1/s1. The number of hydrogen-bond donors (Lipinski definition) is 0. The van der Waals surface area contributed by atoms with E-state index in [1.165, 1.54) is 11.3 Å². The van der Waals surface area contributed by atoms with Crippen molar-refractivity contribution in [2.45, 2.75) is 37.8 Å². The predicted molar refractivity (Wildman–Crippen MR) is 149 cm³/mol. The third-order valence-corrected chi connectivity index (χ3v) is 8.06. The van der Waals surface area contributed by atoms with Gasteiger partial charge < -0.3 is 9.47 Å². The van der Waals surface area contributed by atoms with Crippen LogP contribution in [-0.4, -0.2) is 30.0 Å². The van der Waals surface area contributed by atoms with Crippen LogP contribution in [-0.2, 0) is 9.53 Å². The van der Waals surface area contributed by atoms with Gasteiger partial charge in [0.2, 0.25) is 0 Å². The lowest BCUT2D eigenvalue weighted by Crippen LogP contribution is -2.40. The number of halogens is 1. The fraction of sp³-hybridized carbons (Fsp3) is 0.269. The number of thiazole rings is 1. The summed E-state index contributed by atoms with van der Waals surface area (Å²) in [5.74, 6) is 0.320. The van der Waals surface area contributed by atoms with Gasteiger partial charge >= 0.3 is 5.97 Å². The number of ether oxygens (including phenoxy) is 2. The van der Waals surface area contributed by atoms with Gasteiger partial charge in [0.25, 0.3) is 5.56 Å². The highest BCUT2D eigenvalue weighted by atomic mass is 127. The molecule has 0 fully saturated rings. The van der Waals surface area contributed by atoms with Crippen LogP contribution in [0.15, 0.2) is 68.4 Å². The van der Waals surface area contributed by atoms with Gasteiger partial charge in [0.05, 0.1) is 38.6 Å². The van der Waals surface area contributed by atoms with Gasteiger partial charge in [0, 0.05) is 4.90 Å². The lowest BCUT2D eigenvalue weighted by atomic mass is 9.96. The van der Waals surface area contributed by atoms with Gasteiger partial charge in [-0.1, -0.05) is 29.5 Å². The van der Waals surface area contributed by atoms with Gasteiger partial charge in [-0.25, -0.2) is 9.79 Å². The van der Waals surface area contributed by atoms with E-state index >= 15 is 0 Å². The summed E-state index contributed by atoms with van der Waals surface area (Å²) < 4.78 is 14.0. The zero-order valence-corrected chi connectivity index (χ0v) is 23.8. The maximum absolute atomic E-state index is 13.7. The minimum Gasteiger partial charge on any atom is -0.496 e. The Morgan fingerprint density at radius 3 is 2.54 bits per heavy atom. The van der Waals surface area contributed by atoms with E-state index in [1.807, 2.05) is 68.6 Å². The van der Waals surface area contributed by atoms with Crippen LogP contribution >= 0.6 is 45.7 Å². The van der Waals surface area contributed by atoms with Gasteiger partial charge in [0.1, 0.15) is 5.75 Å². The molecule has 0 radical (unpaired) electrons. The minimum atomic E-state index is -0.619. The highest BCUT2D eigenvalue weighted by molar-refractivity contribution is 14.1. The van der Waals surface area contributed by atoms with E-state index in [9.17, 15) is 9.59 Å². The molecule has 1 aliphatic rings. The topological polar surface area (TPSA) is 69.9 Å². The molecule has 3 aromatic rings. The second-order valence-electron chi connectivity index (χ2n) is 8.20. The van der Waals surface area contributed by atoms with Crippen molar-refractivity contribution in [3.63, 3.8) is 0 Å². The highest BCUT2D eigenvalue weighted by Gasteiger charge is 2.33. The zero-order chi connectivity index (χ0) is 25.3. The number of thioether (sulfide) groups is 1. The number of rotatable bonds is 6. The van der Waals surface area contributed by atoms with Gasteiger partial charge in [-0.05, 0) is 91.1 Å². The molecule has 182 valence electrons. The van der Waals surface area contributed by atoms with Crippen molar-refractivity contribution in [1.29, 1.82) is 0 Å². The SMILES string of the molecule is COc1ccc(/C=c2/sc3n(c2=O)[C@H](c2ccc(SC)cc2)C(C(=O)OC(C)C)=C(C)N=3)cc1I. The molecule has 2 aromatic carbocycles. The van der Waals surface area contributed by atoms with E-state index < -0.39 is 12.0 Å². The molecule has 9 heteroatoms. The molecular formula is C26H25IN2O4S2. The van der Waals surface area contributed by atoms with E-state index in [0.717, 1.165) is 25.3 Å². The smallest absolute Gasteiger partial charge is 0.338 e. The lowest BCUT2D eigenvalue weighted by molar-refractivity contribution is -0.143. The second kappa shape index (κ2) is 10.7. The first kappa shape index (κ1) is 25.7. The predicted octanol–water partition coefficient (Wildman–Crippen LogP) is 4.52. The fourth-order valence-corrected chi connectivity index (χ4v) is 6.10. The summed E-state index contributed by atoms with van der Waals surface area (Å²) in [6, 6.07) is 13.0. The Bertz CT molecular complexity index is 1490. The van der Waals surface area contributed by atoms with Crippen molar-refractivity contribution in [3.05, 3.63) is 88.1 Å². The van der Waals surface area contributed by atoms with Crippen molar-refractivity contribution in [3.8, 4) is 5.75 Å². The number of methoxy groups -OCH3 is 1. The molecule has 1 atom stereocenters. The lowest BCUT2D eigenvalue weighted by Gasteiger charge is -2.25. The van der Waals surface area contributed by atoms with Gasteiger partial charge in [-0.2, -0.15) is 0 Å². The Balaban J connectivity index is 1.91. The summed E-state index contributed by atoms with van der Waals surface area (Å²) in [6.07, 6.45) is 3.57. The Morgan fingerprint density at radius 1 is 1.23 bits per heavy atom. The normalized spacial score (nSPS) is 15.7. The van der Waals surface area contributed by atoms with Gasteiger partial charge in [0.15, 0.2) is 4.80 Å². The average Bonchev–Trinajstić information content (AvgIpc) is 3.12. The summed E-state index contributed by atoms with van der Waals surface area (Å²) in [4.78, 5) is 33.2. The maximum atomic E-state index is 13.7. The van der Waals surface area contributed by atoms with Crippen molar-refractivity contribution in [1.82, 2.24) is 4.57 Å². The Kier molecular flexibility index (Phi) is 7.87. The van der Waals surface area contributed by atoms with Gasteiger partial charge in [-0.3, -0.25) is 9.36 Å². The van der Waals surface area contributed by atoms with Crippen LogP contribution in [0.1, 0.15) is 37.9 Å². The summed E-state index contributed by atoms with van der Waals surface area (Å²) in [6.45, 7) is 5.41. The zero-order valence-electron chi connectivity index (χ0n) is 20.0. The fourth-order valence-electron chi connectivity index (χ4n) is 3.89. The van der Waals surface area contributed by atoms with Crippen LogP contribution in [0.3, 0.4) is 0 Å². The maximum Gasteiger partial charge on any atom is 0.338 e. The quantitative estimate of drug-likeness (QED) is 0.230. The molecule has 6 nitrogen and oxygen atoms in total. The Labute approximate surface area is 225 Å². The molecule has 0 spiro atoms. The molecule has 0 N–H and O–H groups in total. The van der Waals surface area contributed by atoms with Crippen molar-refractivity contribution >= 4 is 57.7 Å². The molecule has 0 amide bonds. The number of aromatic nitrogens is 1. The first-order chi connectivity index (χ1) is 16.7. The molecule has 0 saturated carbocycles. The second-order valence-corrected chi connectivity index (χ2v) is 11.3. The number of nitrogens with zero attached hydrogens (tertiary/aromatic N) is 2. The molecule has 2 heterocycles. The number of esters is 1. The summed E-state index contributed by atoms with van der Waals surface area (Å²) >= 11 is 5.16. The largest absolute Gasteiger partial charge is 0.496 e. The van der Waals surface area contributed by atoms with E-state index in [0.29, 0.717) is 20.6 Å². The first-order valence-corrected chi connectivity index (χ1v) is 14.1. The monoisotopic (exact) mass is 620 g/mol. The number of carbonyl (C=O) groups is 1. The van der Waals surface area contributed by atoms with Crippen LogP contribution in [0.4, 0.5) is 0 Å². The third kappa shape index (κ3) is 5.26. The third-order valence-electron chi connectivity index (χ3n) is 5.49. The number of carbonyl (C=O) groups excluding carboxylic acids is 1. The Hall–Kier alpha value is -2.37. The number of benzene rings is 2. The minimum absolute atomic E-state index is 0.194. The van der Waals surface area contributed by atoms with Crippen molar-refractivity contribution in [2.24, 2.45) is 4.99 Å². The molecule has 0 saturated heterocycles. The van der Waals surface area contributed by atoms with Crippen LogP contribution in [0, 0.1) is 3.57 Å². The van der Waals surface area contributed by atoms with E-state index in [1.54, 1.807) is 30.4 Å². The summed E-state index contributed by atoms with van der Waals surface area (Å²) in [7, 11) is 1.63. The number of allylic oxidation sites excluding steroid dienone is 1. The molecule has 0 unspecified atom stereocenters. The van der Waals surface area contributed by atoms with E-state index in [-0.39, 0.29) is 11.7 Å². The molecular weight excluding hydrogens is 595 g/mol. The van der Waals surface area contributed by atoms with E-state index in [2.05, 4.69) is 27.6 Å². The average molecular weight is 621 g/mol. The number of hydrogen-bond acceptors (Lipinski definition) is 7. The molecule has 0 bridgehead atoms. The van der Waals surface area contributed by atoms with Crippen LogP contribution < -0.4 is 19.6 Å². The summed E-state index contributed by atoms with van der Waals surface area (Å²) in [5, 5.41) is 0. The van der Waals surface area contributed by atoms with Crippen LogP contribution in [0.2, 0.25) is 0 Å². The van der Waals surface area contributed by atoms with Crippen molar-refractivity contribution < 1.29 is 14.3 Å².